The van der Waals surface area contributed by atoms with Gasteiger partial charge in [0.1, 0.15) is 0 Å². The third-order valence-electron chi connectivity index (χ3n) is 4.64. The number of hydrogen-bond donors (Lipinski definition) is 2. The number of hydrogen-bond acceptors (Lipinski definition) is 3. The monoisotopic (exact) mass is 332 g/mol. The number of guanidine groups is 1. The highest BCUT2D eigenvalue weighted by atomic mass is 16.5. The maximum absolute atomic E-state index is 5.16. The second-order valence-corrected chi connectivity index (χ2v) is 6.57. The zero-order valence-electron chi connectivity index (χ0n) is 15.3. The molecule has 2 rings (SSSR count). The predicted octanol–water partition coefficient (Wildman–Crippen LogP) is 2.02. The number of ether oxygens (including phenoxy) is 1. The van der Waals surface area contributed by atoms with Crippen LogP contribution in [0.5, 0.6) is 0 Å². The molecule has 5 heteroatoms. The number of benzene rings is 1. The van der Waals surface area contributed by atoms with Crippen molar-refractivity contribution in [2.24, 2.45) is 10.9 Å². The molecule has 0 aromatic heterocycles. The van der Waals surface area contributed by atoms with Gasteiger partial charge >= 0.3 is 0 Å². The highest BCUT2D eigenvalue weighted by molar-refractivity contribution is 5.79. The first-order valence-electron chi connectivity index (χ1n) is 8.92. The number of aryl methyl sites for hydroxylation is 1. The molecule has 0 amide bonds. The minimum absolute atomic E-state index is 0.723. The van der Waals surface area contributed by atoms with E-state index >= 15 is 0 Å². The van der Waals surface area contributed by atoms with Crippen LogP contribution in [0.1, 0.15) is 24.0 Å². The number of methoxy groups -OCH3 is 1. The van der Waals surface area contributed by atoms with Gasteiger partial charge in [0.25, 0.3) is 0 Å². The molecule has 0 atom stereocenters. The molecule has 1 heterocycles. The minimum atomic E-state index is 0.723. The lowest BCUT2D eigenvalue weighted by molar-refractivity contribution is 0.121. The van der Waals surface area contributed by atoms with Crippen molar-refractivity contribution in [3.05, 3.63) is 35.4 Å². The third kappa shape index (κ3) is 6.49. The van der Waals surface area contributed by atoms with E-state index in [1.165, 1.54) is 37.1 Å². The van der Waals surface area contributed by atoms with Crippen LogP contribution in [0.15, 0.2) is 29.3 Å². The maximum Gasteiger partial charge on any atom is 0.191 e. The van der Waals surface area contributed by atoms with E-state index in [4.69, 9.17) is 4.74 Å². The first-order chi connectivity index (χ1) is 11.7. The molecule has 0 unspecified atom stereocenters. The number of likely N-dealkylation sites (tertiary alicyclic amines) is 1. The largest absolute Gasteiger partial charge is 0.383 e. The van der Waals surface area contributed by atoms with Gasteiger partial charge in [-0.25, -0.2) is 0 Å². The van der Waals surface area contributed by atoms with Crippen molar-refractivity contribution in [1.29, 1.82) is 0 Å². The average Bonchev–Trinajstić information content (AvgIpc) is 2.61. The quantitative estimate of drug-likeness (QED) is 0.592. The Kier molecular flexibility index (Phi) is 8.05. The second kappa shape index (κ2) is 10.3. The molecule has 0 aliphatic carbocycles. The molecule has 2 N–H and O–H groups in total. The normalized spacial score (nSPS) is 17.0. The topological polar surface area (TPSA) is 48.9 Å². The number of nitrogens with one attached hydrogen (secondary N) is 2. The summed E-state index contributed by atoms with van der Waals surface area (Å²) in [6.45, 7) is 8.14. The summed E-state index contributed by atoms with van der Waals surface area (Å²) < 4.78 is 5.16. The molecule has 134 valence electrons. The molecule has 1 saturated heterocycles. The first kappa shape index (κ1) is 18.7. The Balaban J connectivity index is 1.67. The SMILES string of the molecule is CN=C(NCc1cccc(C)c1)NCC1CCN(CCOC)CC1. The van der Waals surface area contributed by atoms with Gasteiger partial charge in [-0.1, -0.05) is 29.8 Å². The Morgan fingerprint density at radius 2 is 2.08 bits per heavy atom. The highest BCUT2D eigenvalue weighted by Gasteiger charge is 2.18. The summed E-state index contributed by atoms with van der Waals surface area (Å²) in [6.07, 6.45) is 2.48. The van der Waals surface area contributed by atoms with Crippen LogP contribution in [0.4, 0.5) is 0 Å². The molecule has 0 saturated carbocycles. The van der Waals surface area contributed by atoms with Gasteiger partial charge in [-0.15, -0.1) is 0 Å². The lowest BCUT2D eigenvalue weighted by atomic mass is 9.97. The van der Waals surface area contributed by atoms with Gasteiger partial charge in [-0.05, 0) is 44.3 Å². The summed E-state index contributed by atoms with van der Waals surface area (Å²) in [5, 5.41) is 6.88. The number of piperidine rings is 1. The summed E-state index contributed by atoms with van der Waals surface area (Å²) in [4.78, 5) is 6.82. The third-order valence-corrected chi connectivity index (χ3v) is 4.64. The van der Waals surface area contributed by atoms with Crippen molar-refractivity contribution in [3.63, 3.8) is 0 Å². The van der Waals surface area contributed by atoms with E-state index in [1.807, 2.05) is 7.05 Å². The zero-order chi connectivity index (χ0) is 17.2. The van der Waals surface area contributed by atoms with Crippen molar-refractivity contribution in [2.45, 2.75) is 26.3 Å². The number of nitrogens with zero attached hydrogens (tertiary/aromatic N) is 2. The molecule has 0 bridgehead atoms. The predicted molar refractivity (Wildman–Crippen MR) is 100 cm³/mol. The van der Waals surface area contributed by atoms with E-state index in [2.05, 4.69) is 51.7 Å². The fourth-order valence-electron chi connectivity index (χ4n) is 3.10. The molecule has 0 spiro atoms. The molecule has 1 aromatic carbocycles. The van der Waals surface area contributed by atoms with Crippen molar-refractivity contribution >= 4 is 5.96 Å². The smallest absolute Gasteiger partial charge is 0.191 e. The van der Waals surface area contributed by atoms with E-state index in [0.717, 1.165) is 38.1 Å². The minimum Gasteiger partial charge on any atom is -0.383 e. The van der Waals surface area contributed by atoms with Crippen LogP contribution in [0, 0.1) is 12.8 Å². The number of rotatable bonds is 7. The van der Waals surface area contributed by atoms with Crippen molar-refractivity contribution < 1.29 is 4.74 Å². The lowest BCUT2D eigenvalue weighted by Gasteiger charge is -2.32. The van der Waals surface area contributed by atoms with E-state index in [9.17, 15) is 0 Å². The van der Waals surface area contributed by atoms with Crippen LogP contribution in [0.25, 0.3) is 0 Å². The molecule has 0 radical (unpaired) electrons. The first-order valence-corrected chi connectivity index (χ1v) is 8.92. The van der Waals surface area contributed by atoms with Crippen LogP contribution in [0.2, 0.25) is 0 Å². The summed E-state index contributed by atoms with van der Waals surface area (Å²) >= 11 is 0. The Bertz CT molecular complexity index is 510. The molecule has 1 aromatic rings. The summed E-state index contributed by atoms with van der Waals surface area (Å²) in [6, 6.07) is 8.56. The van der Waals surface area contributed by atoms with Gasteiger partial charge in [0.05, 0.1) is 6.61 Å². The van der Waals surface area contributed by atoms with Gasteiger partial charge in [-0.3, -0.25) is 4.99 Å². The summed E-state index contributed by atoms with van der Waals surface area (Å²) in [7, 11) is 3.60. The van der Waals surface area contributed by atoms with Crippen LogP contribution >= 0.6 is 0 Å². The van der Waals surface area contributed by atoms with Gasteiger partial charge < -0.3 is 20.3 Å². The Labute approximate surface area is 146 Å². The van der Waals surface area contributed by atoms with Gasteiger partial charge in [0, 0.05) is 33.8 Å². The van der Waals surface area contributed by atoms with Crippen LogP contribution in [0.3, 0.4) is 0 Å². The van der Waals surface area contributed by atoms with Gasteiger partial charge in [-0.2, -0.15) is 0 Å². The second-order valence-electron chi connectivity index (χ2n) is 6.57. The van der Waals surface area contributed by atoms with Gasteiger partial charge in [0.15, 0.2) is 5.96 Å². The fourth-order valence-corrected chi connectivity index (χ4v) is 3.10. The standard InChI is InChI=1S/C19H32N4O/c1-16-5-4-6-18(13-16)15-22-19(20-2)21-14-17-7-9-23(10-8-17)11-12-24-3/h4-6,13,17H,7-12,14-15H2,1-3H3,(H2,20,21,22). The molecular weight excluding hydrogens is 300 g/mol. The van der Waals surface area contributed by atoms with Crippen LogP contribution in [-0.2, 0) is 11.3 Å². The molecule has 5 nitrogen and oxygen atoms in total. The Hall–Kier alpha value is -1.59. The molecule has 1 aliphatic heterocycles. The zero-order valence-corrected chi connectivity index (χ0v) is 15.3. The van der Waals surface area contributed by atoms with E-state index in [-0.39, 0.29) is 0 Å². The molecule has 1 aliphatic rings. The van der Waals surface area contributed by atoms with E-state index in [0.29, 0.717) is 0 Å². The highest BCUT2D eigenvalue weighted by Crippen LogP contribution is 2.15. The summed E-state index contributed by atoms with van der Waals surface area (Å²) in [5.41, 5.74) is 2.57. The Morgan fingerprint density at radius 1 is 1.29 bits per heavy atom. The van der Waals surface area contributed by atoms with Gasteiger partial charge in [0.2, 0.25) is 0 Å². The molecule has 1 fully saturated rings. The molecular formula is C19H32N4O. The Morgan fingerprint density at radius 3 is 2.75 bits per heavy atom. The van der Waals surface area contributed by atoms with E-state index in [1.54, 1.807) is 7.11 Å². The van der Waals surface area contributed by atoms with Crippen LogP contribution < -0.4 is 10.6 Å². The number of aliphatic imine (C=N–C) groups is 1. The van der Waals surface area contributed by atoms with Crippen molar-refractivity contribution in [3.8, 4) is 0 Å². The van der Waals surface area contributed by atoms with Crippen LogP contribution in [-0.4, -0.2) is 57.8 Å². The van der Waals surface area contributed by atoms with E-state index < -0.39 is 0 Å². The maximum atomic E-state index is 5.16. The van der Waals surface area contributed by atoms with Crippen molar-refractivity contribution in [2.75, 3.05) is 46.9 Å². The lowest BCUT2D eigenvalue weighted by Crippen LogP contribution is -2.43. The molecule has 24 heavy (non-hydrogen) atoms. The summed E-state index contributed by atoms with van der Waals surface area (Å²) in [5.74, 6) is 1.61. The fraction of sp³-hybridized carbons (Fsp3) is 0.632. The average molecular weight is 332 g/mol. The van der Waals surface area contributed by atoms with Crippen molar-refractivity contribution in [1.82, 2.24) is 15.5 Å².